The Morgan fingerprint density at radius 2 is 1.81 bits per heavy atom. The van der Waals surface area contributed by atoms with Crippen LogP contribution in [0.25, 0.3) is 0 Å². The van der Waals surface area contributed by atoms with Gasteiger partial charge in [-0.2, -0.15) is 0 Å². The maximum Gasteiger partial charge on any atom is 0.228 e. The van der Waals surface area contributed by atoms with Gasteiger partial charge in [0.05, 0.1) is 12.1 Å². The summed E-state index contributed by atoms with van der Waals surface area (Å²) >= 11 is 4.83. The first-order valence-corrected chi connectivity index (χ1v) is 6.50. The molecule has 0 bridgehead atoms. The maximum atomic E-state index is 13.4. The first-order valence-electron chi connectivity index (χ1n) is 6.09. The van der Waals surface area contributed by atoms with Crippen LogP contribution in [0.15, 0.2) is 42.5 Å². The van der Waals surface area contributed by atoms with Crippen molar-refractivity contribution in [3.63, 3.8) is 0 Å². The first kappa shape index (κ1) is 15.1. The van der Waals surface area contributed by atoms with E-state index in [0.717, 1.165) is 18.2 Å². The van der Waals surface area contributed by atoms with Gasteiger partial charge in [0.25, 0.3) is 0 Å². The number of nitrogens with two attached hydrogens (primary N) is 1. The first-order chi connectivity index (χ1) is 9.95. The van der Waals surface area contributed by atoms with E-state index in [1.165, 1.54) is 0 Å². The van der Waals surface area contributed by atoms with Crippen LogP contribution in [0.1, 0.15) is 11.1 Å². The van der Waals surface area contributed by atoms with Crippen LogP contribution in [0, 0.1) is 11.6 Å². The fourth-order valence-electron chi connectivity index (χ4n) is 1.76. The third-order valence-electron chi connectivity index (χ3n) is 2.81. The second-order valence-corrected chi connectivity index (χ2v) is 4.85. The van der Waals surface area contributed by atoms with Crippen LogP contribution >= 0.6 is 12.2 Å². The Balaban J connectivity index is 2.04. The van der Waals surface area contributed by atoms with E-state index in [1.807, 2.05) is 0 Å². The summed E-state index contributed by atoms with van der Waals surface area (Å²) in [4.78, 5) is 12.1. The van der Waals surface area contributed by atoms with Crippen molar-refractivity contribution in [2.75, 3.05) is 5.32 Å². The molecule has 0 unspecified atom stereocenters. The van der Waals surface area contributed by atoms with E-state index >= 15 is 0 Å². The summed E-state index contributed by atoms with van der Waals surface area (Å²) in [6.07, 6.45) is 0.0353. The minimum absolute atomic E-state index is 0.0353. The molecule has 0 saturated heterocycles. The van der Waals surface area contributed by atoms with Crippen LogP contribution in [0.3, 0.4) is 0 Å². The number of amides is 1. The Hall–Kier alpha value is -2.34. The number of rotatable bonds is 4. The highest BCUT2D eigenvalue weighted by molar-refractivity contribution is 7.80. The highest BCUT2D eigenvalue weighted by Gasteiger charge is 2.09. The van der Waals surface area contributed by atoms with Gasteiger partial charge in [0.1, 0.15) is 16.6 Å². The Bertz CT molecular complexity index is 687. The van der Waals surface area contributed by atoms with Crippen molar-refractivity contribution in [3.05, 3.63) is 65.2 Å². The Kier molecular flexibility index (Phi) is 4.59. The SMILES string of the molecule is NC(=S)c1ccc(CC(=O)Nc2cc(F)ccc2F)cc1. The molecule has 3 N–H and O–H groups in total. The fourth-order valence-corrected chi connectivity index (χ4v) is 1.90. The van der Waals surface area contributed by atoms with Gasteiger partial charge in [0.15, 0.2) is 0 Å². The van der Waals surface area contributed by atoms with Gasteiger partial charge in [-0.1, -0.05) is 36.5 Å². The van der Waals surface area contributed by atoms with Gasteiger partial charge in [-0.05, 0) is 17.7 Å². The molecule has 3 nitrogen and oxygen atoms in total. The normalized spacial score (nSPS) is 10.2. The molecule has 0 fully saturated rings. The van der Waals surface area contributed by atoms with Gasteiger partial charge in [0.2, 0.25) is 5.91 Å². The van der Waals surface area contributed by atoms with Crippen LogP contribution in [-0.4, -0.2) is 10.9 Å². The Labute approximate surface area is 125 Å². The standard InChI is InChI=1S/C15H12F2N2OS/c16-11-5-6-12(17)13(8-11)19-14(20)7-9-1-3-10(4-2-9)15(18)21/h1-6,8H,7H2,(H2,18,21)(H,19,20). The van der Waals surface area contributed by atoms with E-state index in [0.29, 0.717) is 11.1 Å². The van der Waals surface area contributed by atoms with Gasteiger partial charge >= 0.3 is 0 Å². The van der Waals surface area contributed by atoms with Crippen molar-refractivity contribution in [1.82, 2.24) is 0 Å². The molecule has 0 spiro atoms. The van der Waals surface area contributed by atoms with Crippen molar-refractivity contribution in [2.45, 2.75) is 6.42 Å². The average molecular weight is 306 g/mol. The van der Waals surface area contributed by atoms with Crippen LogP contribution in [0.5, 0.6) is 0 Å². The number of carbonyl (C=O) groups is 1. The third-order valence-corrected chi connectivity index (χ3v) is 3.04. The van der Waals surface area contributed by atoms with Gasteiger partial charge in [-0.25, -0.2) is 8.78 Å². The molecule has 0 radical (unpaired) electrons. The maximum absolute atomic E-state index is 13.4. The number of nitrogens with one attached hydrogen (secondary N) is 1. The summed E-state index contributed by atoms with van der Waals surface area (Å²) in [7, 11) is 0. The van der Waals surface area contributed by atoms with Crippen molar-refractivity contribution in [3.8, 4) is 0 Å². The second-order valence-electron chi connectivity index (χ2n) is 4.41. The number of hydrogen-bond donors (Lipinski definition) is 2. The molecule has 0 aliphatic heterocycles. The summed E-state index contributed by atoms with van der Waals surface area (Å²) in [6.45, 7) is 0. The predicted molar refractivity (Wildman–Crippen MR) is 81.0 cm³/mol. The van der Waals surface area contributed by atoms with Crippen LogP contribution in [0.2, 0.25) is 0 Å². The van der Waals surface area contributed by atoms with Crippen molar-refractivity contribution >= 4 is 28.8 Å². The monoisotopic (exact) mass is 306 g/mol. The molecule has 0 aliphatic rings. The van der Waals surface area contributed by atoms with Crippen molar-refractivity contribution in [2.24, 2.45) is 5.73 Å². The molecule has 2 rings (SSSR count). The topological polar surface area (TPSA) is 55.1 Å². The zero-order chi connectivity index (χ0) is 15.4. The van der Waals surface area contributed by atoms with E-state index < -0.39 is 17.5 Å². The van der Waals surface area contributed by atoms with Crippen LogP contribution in [0.4, 0.5) is 14.5 Å². The fraction of sp³-hybridized carbons (Fsp3) is 0.0667. The zero-order valence-corrected chi connectivity index (χ0v) is 11.7. The van der Waals surface area contributed by atoms with E-state index in [1.54, 1.807) is 24.3 Å². The molecule has 0 atom stereocenters. The summed E-state index contributed by atoms with van der Waals surface area (Å²) in [5.41, 5.74) is 6.70. The lowest BCUT2D eigenvalue weighted by Crippen LogP contribution is -2.16. The van der Waals surface area contributed by atoms with Gasteiger partial charge in [0, 0.05) is 11.6 Å². The van der Waals surface area contributed by atoms with Gasteiger partial charge in [-0.3, -0.25) is 4.79 Å². The molecular weight excluding hydrogens is 294 g/mol. The Morgan fingerprint density at radius 3 is 2.43 bits per heavy atom. The summed E-state index contributed by atoms with van der Waals surface area (Å²) in [6, 6.07) is 9.69. The molecule has 0 heterocycles. The van der Waals surface area contributed by atoms with E-state index in [9.17, 15) is 13.6 Å². The van der Waals surface area contributed by atoms with Gasteiger partial charge < -0.3 is 11.1 Å². The minimum atomic E-state index is -0.687. The third kappa shape index (κ3) is 4.06. The molecule has 0 aromatic heterocycles. The molecule has 108 valence electrons. The quantitative estimate of drug-likeness (QED) is 0.854. The zero-order valence-electron chi connectivity index (χ0n) is 10.9. The lowest BCUT2D eigenvalue weighted by Gasteiger charge is -2.07. The van der Waals surface area contributed by atoms with Crippen molar-refractivity contribution < 1.29 is 13.6 Å². The highest BCUT2D eigenvalue weighted by Crippen LogP contribution is 2.15. The predicted octanol–water partition coefficient (Wildman–Crippen LogP) is 2.78. The molecule has 0 saturated carbocycles. The Morgan fingerprint density at radius 1 is 1.14 bits per heavy atom. The molecule has 6 heteroatoms. The summed E-state index contributed by atoms with van der Waals surface area (Å²) in [5, 5.41) is 2.33. The molecule has 2 aromatic rings. The number of hydrogen-bond acceptors (Lipinski definition) is 2. The molecule has 0 aliphatic carbocycles. The average Bonchev–Trinajstić information content (AvgIpc) is 2.43. The number of anilines is 1. The smallest absolute Gasteiger partial charge is 0.228 e. The number of thiocarbonyl (C=S) groups is 1. The number of carbonyl (C=O) groups excluding carboxylic acids is 1. The van der Waals surface area contributed by atoms with E-state index in [2.05, 4.69) is 5.32 Å². The summed E-state index contributed by atoms with van der Waals surface area (Å²) < 4.78 is 26.4. The molecule has 2 aromatic carbocycles. The summed E-state index contributed by atoms with van der Waals surface area (Å²) in [5.74, 6) is -1.75. The highest BCUT2D eigenvalue weighted by atomic mass is 32.1. The molecule has 21 heavy (non-hydrogen) atoms. The number of benzene rings is 2. The minimum Gasteiger partial charge on any atom is -0.389 e. The van der Waals surface area contributed by atoms with Crippen LogP contribution in [-0.2, 0) is 11.2 Å². The van der Waals surface area contributed by atoms with Gasteiger partial charge in [-0.15, -0.1) is 0 Å². The second kappa shape index (κ2) is 6.41. The molecule has 1 amide bonds. The van der Waals surface area contributed by atoms with Crippen LogP contribution < -0.4 is 11.1 Å². The van der Waals surface area contributed by atoms with E-state index in [4.69, 9.17) is 18.0 Å². The number of halogens is 2. The lowest BCUT2D eigenvalue weighted by atomic mass is 10.1. The van der Waals surface area contributed by atoms with E-state index in [-0.39, 0.29) is 17.1 Å². The van der Waals surface area contributed by atoms with Crippen molar-refractivity contribution in [1.29, 1.82) is 0 Å². The lowest BCUT2D eigenvalue weighted by molar-refractivity contribution is -0.115. The molecular formula is C15H12F2N2OS. The largest absolute Gasteiger partial charge is 0.389 e.